The molecule has 0 aliphatic carbocycles. The molecule has 0 atom stereocenters. The molecule has 2 aromatic heterocycles. The van der Waals surface area contributed by atoms with Crippen LogP contribution in [0.4, 0.5) is 38.0 Å². The summed E-state index contributed by atoms with van der Waals surface area (Å²) in [5.74, 6) is -0.127. The maximum absolute atomic E-state index is 13.3. The van der Waals surface area contributed by atoms with Crippen LogP contribution in [-0.2, 0) is 0 Å². The summed E-state index contributed by atoms with van der Waals surface area (Å²) in [6, 6.07) is 11.7. The van der Waals surface area contributed by atoms with Crippen molar-refractivity contribution in [3.05, 3.63) is 80.7 Å². The minimum absolute atomic E-state index is 0.0903. The minimum atomic E-state index is -0.575. The van der Waals surface area contributed by atoms with E-state index in [0.29, 0.717) is 28.0 Å². The number of aromatic amines is 1. The number of hydrogen-bond donors (Lipinski definition) is 4. The number of carbonyl (C=O) groups excluding carboxylic acids is 1. The average molecular weight is 529 g/mol. The molecule has 4 rings (SSSR count). The molecule has 0 spiro atoms. The van der Waals surface area contributed by atoms with Gasteiger partial charge in [0, 0.05) is 28.0 Å². The van der Waals surface area contributed by atoms with Gasteiger partial charge >= 0.3 is 11.8 Å². The van der Waals surface area contributed by atoms with E-state index in [2.05, 4.69) is 36.1 Å². The van der Waals surface area contributed by atoms with Crippen LogP contribution in [0.5, 0.6) is 0 Å². The van der Waals surface area contributed by atoms with Gasteiger partial charge in [-0.05, 0) is 72.5 Å². The number of H-pyrrole nitrogens is 1. The first-order chi connectivity index (χ1) is 17.2. The number of amides is 2. The Morgan fingerprint density at radius 2 is 1.78 bits per heavy atom. The standard InChI is InChI=1S/C22H18ClFN8O3S/c1-11-7-13(26-21(33)27-14-3-5-16(24)15(23)9-14)4-6-17(11)36-22-25-12(2)8-18(29-22)28-19-10-20(31-30-19)32(34)35/h3-10H,1-2H3,(H2,26,27,33)(H2,25,28,29,30,31). The number of aryl methyl sites for hydroxylation is 2. The SMILES string of the molecule is Cc1cc(Nc2cc([N+](=O)[O-])[nH]n2)nc(Sc2ccc(NC(=O)Nc3ccc(F)c(Cl)c3)cc2C)n1. The van der Waals surface area contributed by atoms with Crippen LogP contribution in [0.3, 0.4) is 0 Å². The fraction of sp³-hybridized carbons (Fsp3) is 0.0909. The van der Waals surface area contributed by atoms with Crippen LogP contribution < -0.4 is 16.0 Å². The summed E-state index contributed by atoms with van der Waals surface area (Å²) in [5.41, 5.74) is 2.46. The first-order valence-electron chi connectivity index (χ1n) is 10.3. The van der Waals surface area contributed by atoms with Gasteiger partial charge < -0.3 is 26.1 Å². The molecule has 2 amide bonds. The van der Waals surface area contributed by atoms with Crippen LogP contribution in [0, 0.1) is 29.8 Å². The van der Waals surface area contributed by atoms with Gasteiger partial charge in [-0.3, -0.25) is 0 Å². The number of anilines is 4. The van der Waals surface area contributed by atoms with Crippen molar-refractivity contribution in [1.82, 2.24) is 20.2 Å². The molecule has 0 aliphatic heterocycles. The molecule has 11 nitrogen and oxygen atoms in total. The minimum Gasteiger partial charge on any atom is -0.358 e. The zero-order valence-corrected chi connectivity index (χ0v) is 20.4. The fourth-order valence-corrected chi connectivity index (χ4v) is 4.13. The largest absolute Gasteiger partial charge is 0.358 e. The van der Waals surface area contributed by atoms with Gasteiger partial charge in [0.2, 0.25) is 0 Å². The molecule has 0 bridgehead atoms. The maximum atomic E-state index is 13.3. The molecule has 14 heteroatoms. The summed E-state index contributed by atoms with van der Waals surface area (Å²) in [6.45, 7) is 3.68. The second-order valence-corrected chi connectivity index (χ2v) is 8.90. The number of urea groups is 1. The lowest BCUT2D eigenvalue weighted by Gasteiger charge is -2.11. The Kier molecular flexibility index (Phi) is 7.31. The first-order valence-corrected chi connectivity index (χ1v) is 11.5. The van der Waals surface area contributed by atoms with Gasteiger partial charge in [0.25, 0.3) is 0 Å². The van der Waals surface area contributed by atoms with Crippen molar-refractivity contribution in [3.8, 4) is 0 Å². The van der Waals surface area contributed by atoms with Crippen molar-refractivity contribution in [2.24, 2.45) is 0 Å². The zero-order chi connectivity index (χ0) is 25.8. The number of aromatic nitrogens is 4. The molecule has 0 saturated heterocycles. The van der Waals surface area contributed by atoms with Crippen LogP contribution >= 0.6 is 23.4 Å². The number of hydrogen-bond acceptors (Lipinski definition) is 8. The predicted molar refractivity (Wildman–Crippen MR) is 135 cm³/mol. The number of benzene rings is 2. The molecule has 0 unspecified atom stereocenters. The van der Waals surface area contributed by atoms with Gasteiger partial charge in [-0.15, -0.1) is 5.10 Å². The van der Waals surface area contributed by atoms with E-state index >= 15 is 0 Å². The number of rotatable bonds is 7. The quantitative estimate of drug-likeness (QED) is 0.128. The Hall–Kier alpha value is -4.23. The first kappa shape index (κ1) is 24.9. The second-order valence-electron chi connectivity index (χ2n) is 7.49. The van der Waals surface area contributed by atoms with Gasteiger partial charge in [-0.25, -0.2) is 19.2 Å². The van der Waals surface area contributed by atoms with Gasteiger partial charge in [0.1, 0.15) is 11.6 Å². The number of nitrogens with zero attached hydrogens (tertiary/aromatic N) is 4. The molecule has 2 aromatic carbocycles. The highest BCUT2D eigenvalue weighted by Crippen LogP contribution is 2.31. The zero-order valence-electron chi connectivity index (χ0n) is 18.8. The van der Waals surface area contributed by atoms with Crippen molar-refractivity contribution in [1.29, 1.82) is 0 Å². The second kappa shape index (κ2) is 10.6. The number of nitrogens with one attached hydrogen (secondary N) is 4. The lowest BCUT2D eigenvalue weighted by atomic mass is 10.2. The van der Waals surface area contributed by atoms with Crippen molar-refractivity contribution in [2.45, 2.75) is 23.9 Å². The smallest absolute Gasteiger partial charge is 0.344 e. The fourth-order valence-electron chi connectivity index (χ4n) is 3.06. The molecule has 36 heavy (non-hydrogen) atoms. The molecule has 4 N–H and O–H groups in total. The van der Waals surface area contributed by atoms with Crippen molar-refractivity contribution in [2.75, 3.05) is 16.0 Å². The molecular formula is C22H18ClFN8O3S. The highest BCUT2D eigenvalue weighted by molar-refractivity contribution is 7.99. The predicted octanol–water partition coefficient (Wildman–Crippen LogP) is 6.06. The third-order valence-corrected chi connectivity index (χ3v) is 6.00. The van der Waals surface area contributed by atoms with Crippen molar-refractivity contribution < 1.29 is 14.1 Å². The van der Waals surface area contributed by atoms with E-state index in [4.69, 9.17) is 11.6 Å². The molecule has 2 heterocycles. The van der Waals surface area contributed by atoms with Crippen LogP contribution in [0.15, 0.2) is 58.6 Å². The Labute approximate surface area is 213 Å². The van der Waals surface area contributed by atoms with Crippen LogP contribution in [0.1, 0.15) is 11.3 Å². The summed E-state index contributed by atoms with van der Waals surface area (Å²) in [4.78, 5) is 32.3. The third kappa shape index (κ3) is 6.25. The van der Waals surface area contributed by atoms with Crippen molar-refractivity contribution in [3.63, 3.8) is 0 Å². The van der Waals surface area contributed by atoms with Gasteiger partial charge in [0.05, 0.1) is 11.1 Å². The number of nitro groups is 1. The molecule has 4 aromatic rings. The Morgan fingerprint density at radius 3 is 2.44 bits per heavy atom. The monoisotopic (exact) mass is 528 g/mol. The third-order valence-electron chi connectivity index (χ3n) is 4.66. The van der Waals surface area contributed by atoms with E-state index in [-0.39, 0.29) is 16.7 Å². The molecule has 0 fully saturated rings. The van der Waals surface area contributed by atoms with Gasteiger partial charge in [-0.1, -0.05) is 16.7 Å². The summed E-state index contributed by atoms with van der Waals surface area (Å²) in [6.07, 6.45) is 0. The van der Waals surface area contributed by atoms with E-state index in [1.807, 2.05) is 13.0 Å². The van der Waals surface area contributed by atoms with Crippen molar-refractivity contribution >= 4 is 58.2 Å². The Morgan fingerprint density at radius 1 is 1.06 bits per heavy atom. The van der Waals surface area contributed by atoms with Crippen LogP contribution in [0.2, 0.25) is 5.02 Å². The van der Waals surface area contributed by atoms with Gasteiger partial charge in [0.15, 0.2) is 11.0 Å². The lowest BCUT2D eigenvalue weighted by molar-refractivity contribution is -0.389. The topological polar surface area (TPSA) is 151 Å². The normalized spacial score (nSPS) is 10.7. The Bertz CT molecular complexity index is 1470. The van der Waals surface area contributed by atoms with E-state index in [0.717, 1.165) is 10.5 Å². The van der Waals surface area contributed by atoms with E-state index in [9.17, 15) is 19.3 Å². The summed E-state index contributed by atoms with van der Waals surface area (Å²) in [5, 5.41) is 25.6. The van der Waals surface area contributed by atoms with Crippen LogP contribution in [0.25, 0.3) is 0 Å². The van der Waals surface area contributed by atoms with E-state index in [1.165, 1.54) is 36.0 Å². The summed E-state index contributed by atoms with van der Waals surface area (Å²) in [7, 11) is 0. The lowest BCUT2D eigenvalue weighted by Crippen LogP contribution is -2.19. The number of halogens is 2. The van der Waals surface area contributed by atoms with Gasteiger partial charge in [-0.2, -0.15) is 0 Å². The summed E-state index contributed by atoms with van der Waals surface area (Å²) >= 11 is 7.06. The van der Waals surface area contributed by atoms with E-state index in [1.54, 1.807) is 25.1 Å². The van der Waals surface area contributed by atoms with E-state index < -0.39 is 16.8 Å². The summed E-state index contributed by atoms with van der Waals surface area (Å²) < 4.78 is 13.3. The molecule has 0 saturated carbocycles. The molecule has 0 aliphatic rings. The average Bonchev–Trinajstić information content (AvgIpc) is 3.26. The molecular weight excluding hydrogens is 511 g/mol. The highest BCUT2D eigenvalue weighted by Gasteiger charge is 2.13. The Balaban J connectivity index is 1.42. The number of carbonyl (C=O) groups is 1. The molecule has 184 valence electrons. The molecule has 0 radical (unpaired) electrons. The maximum Gasteiger partial charge on any atom is 0.344 e. The van der Waals surface area contributed by atoms with Crippen LogP contribution in [-0.4, -0.2) is 31.1 Å². The highest BCUT2D eigenvalue weighted by atomic mass is 35.5.